The van der Waals surface area contributed by atoms with E-state index in [0.29, 0.717) is 18.0 Å². The molecule has 0 atom stereocenters. The summed E-state index contributed by atoms with van der Waals surface area (Å²) in [5.74, 6) is 0.537. The van der Waals surface area contributed by atoms with Gasteiger partial charge >= 0.3 is 0 Å². The molecule has 114 valence electrons. The highest BCUT2D eigenvalue weighted by Crippen LogP contribution is 2.39. The minimum Gasteiger partial charge on any atom is -0.484 e. The van der Waals surface area contributed by atoms with Gasteiger partial charge in [-0.3, -0.25) is 9.69 Å². The van der Waals surface area contributed by atoms with E-state index < -0.39 is 5.60 Å². The van der Waals surface area contributed by atoms with Gasteiger partial charge in [0.1, 0.15) is 23.4 Å². The van der Waals surface area contributed by atoms with Crippen molar-refractivity contribution in [3.8, 4) is 5.75 Å². The van der Waals surface area contributed by atoms with Crippen molar-refractivity contribution < 1.29 is 9.53 Å². The van der Waals surface area contributed by atoms with Gasteiger partial charge in [-0.15, -0.1) is 0 Å². The summed E-state index contributed by atoms with van der Waals surface area (Å²) < 4.78 is 6.89. The summed E-state index contributed by atoms with van der Waals surface area (Å²) in [6.45, 7) is 6.22. The third-order valence-electron chi connectivity index (χ3n) is 3.41. The predicted molar refractivity (Wildman–Crippen MR) is 87.3 cm³/mol. The monoisotopic (exact) mass is 361 g/mol. The van der Waals surface area contributed by atoms with Gasteiger partial charge in [0, 0.05) is 10.2 Å². The van der Waals surface area contributed by atoms with E-state index in [2.05, 4.69) is 25.9 Å². The van der Waals surface area contributed by atoms with Crippen LogP contribution in [0.2, 0.25) is 0 Å². The van der Waals surface area contributed by atoms with Crippen molar-refractivity contribution in [1.82, 2.24) is 9.97 Å². The molecule has 0 bridgehead atoms. The maximum atomic E-state index is 12.9. The first-order valence-corrected chi connectivity index (χ1v) is 7.74. The van der Waals surface area contributed by atoms with Crippen LogP contribution in [0.4, 0.5) is 5.69 Å². The summed E-state index contributed by atoms with van der Waals surface area (Å²) in [5, 5.41) is 0. The fourth-order valence-electron chi connectivity index (χ4n) is 2.48. The Labute approximate surface area is 137 Å². The molecule has 0 fully saturated rings. The number of hydrogen-bond donors (Lipinski definition) is 0. The Hall–Kier alpha value is -1.95. The number of rotatable bonds is 1. The van der Waals surface area contributed by atoms with Crippen LogP contribution < -0.4 is 9.64 Å². The van der Waals surface area contributed by atoms with Crippen LogP contribution in [0.5, 0.6) is 5.75 Å². The van der Waals surface area contributed by atoms with Crippen molar-refractivity contribution in [3.63, 3.8) is 0 Å². The van der Waals surface area contributed by atoms with Crippen LogP contribution in [0.15, 0.2) is 35.1 Å². The molecule has 1 aromatic carbocycles. The Balaban J connectivity index is 2.05. The average molecular weight is 362 g/mol. The Morgan fingerprint density at radius 3 is 2.82 bits per heavy atom. The molecule has 2 heterocycles. The fourth-order valence-corrected chi connectivity index (χ4v) is 2.82. The smallest absolute Gasteiger partial charge is 0.277 e. The molecule has 0 spiro atoms. The summed E-state index contributed by atoms with van der Waals surface area (Å²) >= 11 is 3.44. The SMILES string of the molecule is Cc1cc(C(=O)N2CC(C)(C)Oc3cc(Br)ccc32)ncn1. The predicted octanol–water partition coefficient (Wildman–Crippen LogP) is 3.37. The van der Waals surface area contributed by atoms with Crippen molar-refractivity contribution in [2.24, 2.45) is 0 Å². The van der Waals surface area contributed by atoms with Crippen LogP contribution in [-0.4, -0.2) is 28.0 Å². The number of anilines is 1. The highest BCUT2D eigenvalue weighted by atomic mass is 79.9. The molecule has 5 nitrogen and oxygen atoms in total. The average Bonchev–Trinajstić information content (AvgIpc) is 2.44. The lowest BCUT2D eigenvalue weighted by Gasteiger charge is -2.39. The van der Waals surface area contributed by atoms with Gasteiger partial charge in [-0.25, -0.2) is 9.97 Å². The topological polar surface area (TPSA) is 55.3 Å². The molecule has 0 saturated heterocycles. The van der Waals surface area contributed by atoms with Crippen LogP contribution in [-0.2, 0) is 0 Å². The van der Waals surface area contributed by atoms with E-state index in [-0.39, 0.29) is 5.91 Å². The Morgan fingerprint density at radius 2 is 2.09 bits per heavy atom. The molecule has 1 aliphatic heterocycles. The minimum atomic E-state index is -0.467. The Bertz CT molecular complexity index is 746. The highest BCUT2D eigenvalue weighted by molar-refractivity contribution is 9.10. The van der Waals surface area contributed by atoms with Crippen LogP contribution in [0, 0.1) is 6.92 Å². The zero-order valence-electron chi connectivity index (χ0n) is 12.6. The maximum Gasteiger partial charge on any atom is 0.277 e. The molecule has 6 heteroatoms. The number of ether oxygens (including phenoxy) is 1. The van der Waals surface area contributed by atoms with Gasteiger partial charge in [0.25, 0.3) is 5.91 Å². The van der Waals surface area contributed by atoms with Gasteiger partial charge in [-0.05, 0) is 45.0 Å². The summed E-state index contributed by atoms with van der Waals surface area (Å²) in [7, 11) is 0. The molecule has 0 N–H and O–H groups in total. The number of halogens is 1. The second kappa shape index (κ2) is 5.35. The number of hydrogen-bond acceptors (Lipinski definition) is 4. The molecule has 0 unspecified atom stereocenters. The number of fused-ring (bicyclic) bond motifs is 1. The van der Waals surface area contributed by atoms with Crippen molar-refractivity contribution in [2.45, 2.75) is 26.4 Å². The molecule has 0 saturated carbocycles. The zero-order chi connectivity index (χ0) is 15.9. The van der Waals surface area contributed by atoms with Crippen LogP contribution in [0.1, 0.15) is 30.0 Å². The van der Waals surface area contributed by atoms with Gasteiger partial charge in [0.2, 0.25) is 0 Å². The standard InChI is InChI=1S/C16H16BrN3O2/c1-10-6-12(19-9-18-10)15(21)20-8-16(2,3)22-14-7-11(17)4-5-13(14)20/h4-7,9H,8H2,1-3H3. The number of amides is 1. The number of carbonyl (C=O) groups is 1. The van der Waals surface area contributed by atoms with E-state index in [1.807, 2.05) is 39.0 Å². The van der Waals surface area contributed by atoms with Gasteiger partial charge in [0.15, 0.2) is 0 Å². The summed E-state index contributed by atoms with van der Waals surface area (Å²) in [5.41, 5.74) is 1.44. The van der Waals surface area contributed by atoms with E-state index in [1.54, 1.807) is 11.0 Å². The van der Waals surface area contributed by atoms with Gasteiger partial charge < -0.3 is 4.74 Å². The molecule has 0 aliphatic carbocycles. The van der Waals surface area contributed by atoms with Crippen molar-refractivity contribution >= 4 is 27.5 Å². The lowest BCUT2D eigenvalue weighted by atomic mass is 10.0. The number of aryl methyl sites for hydroxylation is 1. The number of benzene rings is 1. The minimum absolute atomic E-state index is 0.148. The number of nitrogens with zero attached hydrogens (tertiary/aromatic N) is 3. The highest BCUT2D eigenvalue weighted by Gasteiger charge is 2.35. The first-order chi connectivity index (χ1) is 10.4. The summed E-state index contributed by atoms with van der Waals surface area (Å²) in [4.78, 5) is 22.7. The Morgan fingerprint density at radius 1 is 1.32 bits per heavy atom. The van der Waals surface area contributed by atoms with Crippen LogP contribution >= 0.6 is 15.9 Å². The molecule has 1 amide bonds. The number of carbonyl (C=O) groups excluding carboxylic acids is 1. The second-order valence-electron chi connectivity index (χ2n) is 5.91. The molecule has 3 rings (SSSR count). The molecule has 1 aromatic heterocycles. The lowest BCUT2D eigenvalue weighted by molar-refractivity contribution is 0.0833. The van der Waals surface area contributed by atoms with E-state index in [4.69, 9.17) is 4.74 Å². The molecule has 22 heavy (non-hydrogen) atoms. The first kappa shape index (κ1) is 15.0. The lowest BCUT2D eigenvalue weighted by Crippen LogP contribution is -2.49. The largest absolute Gasteiger partial charge is 0.484 e. The maximum absolute atomic E-state index is 12.9. The Kier molecular flexibility index (Phi) is 3.64. The third-order valence-corrected chi connectivity index (χ3v) is 3.90. The second-order valence-corrected chi connectivity index (χ2v) is 6.83. The summed E-state index contributed by atoms with van der Waals surface area (Å²) in [6, 6.07) is 7.34. The summed E-state index contributed by atoms with van der Waals surface area (Å²) in [6.07, 6.45) is 1.41. The van der Waals surface area contributed by atoms with Crippen molar-refractivity contribution in [1.29, 1.82) is 0 Å². The number of aromatic nitrogens is 2. The molecule has 1 aliphatic rings. The van der Waals surface area contributed by atoms with E-state index in [1.165, 1.54) is 6.33 Å². The van der Waals surface area contributed by atoms with Gasteiger partial charge in [-0.2, -0.15) is 0 Å². The van der Waals surface area contributed by atoms with Gasteiger partial charge in [-0.1, -0.05) is 15.9 Å². The molecule has 0 radical (unpaired) electrons. The quantitative estimate of drug-likeness (QED) is 0.781. The van der Waals surface area contributed by atoms with E-state index in [0.717, 1.165) is 15.9 Å². The van der Waals surface area contributed by atoms with E-state index >= 15 is 0 Å². The molecular formula is C16H16BrN3O2. The fraction of sp³-hybridized carbons (Fsp3) is 0.312. The van der Waals surface area contributed by atoms with Crippen molar-refractivity contribution in [3.05, 3.63) is 46.5 Å². The van der Waals surface area contributed by atoms with Gasteiger partial charge in [0.05, 0.1) is 12.2 Å². The van der Waals surface area contributed by atoms with Crippen LogP contribution in [0.25, 0.3) is 0 Å². The normalized spacial score (nSPS) is 15.9. The molecular weight excluding hydrogens is 346 g/mol. The molecule has 2 aromatic rings. The first-order valence-electron chi connectivity index (χ1n) is 6.95. The van der Waals surface area contributed by atoms with Crippen LogP contribution in [0.3, 0.4) is 0 Å². The third kappa shape index (κ3) is 2.83. The zero-order valence-corrected chi connectivity index (χ0v) is 14.2. The van der Waals surface area contributed by atoms with E-state index in [9.17, 15) is 4.79 Å². The van der Waals surface area contributed by atoms with Crippen molar-refractivity contribution in [2.75, 3.05) is 11.4 Å².